The summed E-state index contributed by atoms with van der Waals surface area (Å²) >= 11 is 0. The molecule has 0 bridgehead atoms. The fourth-order valence-corrected chi connectivity index (χ4v) is 2.56. The molecule has 1 aromatic rings. The van der Waals surface area contributed by atoms with Crippen molar-refractivity contribution in [3.05, 3.63) is 35.4 Å². The molecular weight excluding hydrogens is 238 g/mol. The largest absolute Gasteiger partial charge is 0.462 e. The molecule has 0 spiro atoms. The van der Waals surface area contributed by atoms with Crippen molar-refractivity contribution in [3.63, 3.8) is 0 Å². The van der Waals surface area contributed by atoms with E-state index in [-0.39, 0.29) is 5.97 Å². The third kappa shape index (κ3) is 3.80. The lowest BCUT2D eigenvalue weighted by molar-refractivity contribution is 0.0497. The Balaban J connectivity index is 2.08. The normalized spacial score (nSPS) is 16.3. The zero-order chi connectivity index (χ0) is 13.5. The summed E-state index contributed by atoms with van der Waals surface area (Å²) in [6.07, 6.45) is 4.17. The van der Waals surface area contributed by atoms with E-state index >= 15 is 0 Å². The maximum atomic E-state index is 12.1. The van der Waals surface area contributed by atoms with Crippen molar-refractivity contribution < 1.29 is 9.53 Å². The fourth-order valence-electron chi connectivity index (χ4n) is 2.56. The Bertz CT molecular complexity index is 411. The van der Waals surface area contributed by atoms with Crippen LogP contribution < -0.4 is 5.32 Å². The van der Waals surface area contributed by atoms with E-state index in [1.165, 1.54) is 0 Å². The van der Waals surface area contributed by atoms with Crippen LogP contribution in [0.3, 0.4) is 0 Å². The van der Waals surface area contributed by atoms with Crippen LogP contribution in [0.15, 0.2) is 24.3 Å². The first-order valence-corrected chi connectivity index (χ1v) is 7.29. The van der Waals surface area contributed by atoms with Gasteiger partial charge < -0.3 is 10.1 Å². The fraction of sp³-hybridized carbons (Fsp3) is 0.562. The molecule has 0 saturated carbocycles. The second-order valence-electron chi connectivity index (χ2n) is 5.10. The highest BCUT2D eigenvalue weighted by Crippen LogP contribution is 2.28. The van der Waals surface area contributed by atoms with Gasteiger partial charge in [-0.15, -0.1) is 0 Å². The summed E-state index contributed by atoms with van der Waals surface area (Å²) in [6, 6.07) is 7.90. The number of carbonyl (C=O) groups excluding carboxylic acids is 1. The Morgan fingerprint density at radius 3 is 2.79 bits per heavy atom. The molecule has 3 heteroatoms. The van der Waals surface area contributed by atoms with Gasteiger partial charge in [-0.25, -0.2) is 4.79 Å². The second kappa shape index (κ2) is 7.29. The Morgan fingerprint density at radius 1 is 1.32 bits per heavy atom. The first-order valence-electron chi connectivity index (χ1n) is 7.29. The molecule has 1 heterocycles. The van der Waals surface area contributed by atoms with E-state index in [1.807, 2.05) is 18.2 Å². The quantitative estimate of drug-likeness (QED) is 0.654. The van der Waals surface area contributed by atoms with Gasteiger partial charge in [0.25, 0.3) is 0 Å². The van der Waals surface area contributed by atoms with Gasteiger partial charge >= 0.3 is 5.97 Å². The molecule has 0 unspecified atom stereocenters. The van der Waals surface area contributed by atoms with Crippen LogP contribution in [0.1, 0.15) is 54.4 Å². The lowest BCUT2D eigenvalue weighted by atomic mass is 9.87. The van der Waals surface area contributed by atoms with Crippen molar-refractivity contribution in [2.75, 3.05) is 19.7 Å². The highest BCUT2D eigenvalue weighted by atomic mass is 16.5. The summed E-state index contributed by atoms with van der Waals surface area (Å²) in [7, 11) is 0. The summed E-state index contributed by atoms with van der Waals surface area (Å²) in [5.41, 5.74) is 1.91. The summed E-state index contributed by atoms with van der Waals surface area (Å²) < 4.78 is 5.35. The van der Waals surface area contributed by atoms with Gasteiger partial charge in [-0.05, 0) is 49.9 Å². The second-order valence-corrected chi connectivity index (χ2v) is 5.10. The standard InChI is InChI=1S/C16H23NO2/c1-2-3-12-19-16(18)15-7-5-4-6-14(15)13-8-10-17-11-9-13/h4-7,13,17H,2-3,8-12H2,1H3. The van der Waals surface area contributed by atoms with Crippen molar-refractivity contribution in [1.82, 2.24) is 5.32 Å². The predicted octanol–water partition coefficient (Wildman–Crippen LogP) is 3.11. The summed E-state index contributed by atoms with van der Waals surface area (Å²) in [5.74, 6) is 0.318. The molecule has 0 aromatic heterocycles. The van der Waals surface area contributed by atoms with E-state index in [0.717, 1.165) is 49.9 Å². The first-order chi connectivity index (χ1) is 9.33. The van der Waals surface area contributed by atoms with Crippen LogP contribution in [0.2, 0.25) is 0 Å². The Hall–Kier alpha value is -1.35. The number of carbonyl (C=O) groups is 1. The number of hydrogen-bond donors (Lipinski definition) is 1. The van der Waals surface area contributed by atoms with Crippen LogP contribution in [0, 0.1) is 0 Å². The van der Waals surface area contributed by atoms with Crippen molar-refractivity contribution in [2.24, 2.45) is 0 Å². The summed E-state index contributed by atoms with van der Waals surface area (Å²) in [6.45, 7) is 4.68. The molecule has 0 radical (unpaired) electrons. The molecule has 1 fully saturated rings. The molecule has 3 nitrogen and oxygen atoms in total. The maximum absolute atomic E-state index is 12.1. The van der Waals surface area contributed by atoms with E-state index < -0.39 is 0 Å². The van der Waals surface area contributed by atoms with Crippen LogP contribution >= 0.6 is 0 Å². The minimum absolute atomic E-state index is 0.164. The first kappa shape index (κ1) is 14.1. The van der Waals surface area contributed by atoms with Crippen molar-refractivity contribution >= 4 is 5.97 Å². The Kier molecular flexibility index (Phi) is 5.40. The van der Waals surface area contributed by atoms with Gasteiger partial charge in [0.1, 0.15) is 0 Å². The molecule has 19 heavy (non-hydrogen) atoms. The third-order valence-electron chi connectivity index (χ3n) is 3.69. The van der Waals surface area contributed by atoms with E-state index in [2.05, 4.69) is 18.3 Å². The smallest absolute Gasteiger partial charge is 0.338 e. The molecule has 1 aliphatic heterocycles. The van der Waals surface area contributed by atoms with Crippen LogP contribution in [-0.2, 0) is 4.74 Å². The van der Waals surface area contributed by atoms with E-state index in [9.17, 15) is 4.79 Å². The molecule has 0 atom stereocenters. The van der Waals surface area contributed by atoms with Gasteiger partial charge in [0, 0.05) is 0 Å². The predicted molar refractivity (Wildman–Crippen MR) is 76.5 cm³/mol. The molecule has 1 saturated heterocycles. The Labute approximate surface area is 115 Å². The van der Waals surface area contributed by atoms with Crippen LogP contribution in [0.4, 0.5) is 0 Å². The van der Waals surface area contributed by atoms with Crippen LogP contribution in [-0.4, -0.2) is 25.7 Å². The van der Waals surface area contributed by atoms with Gasteiger partial charge in [-0.3, -0.25) is 0 Å². The van der Waals surface area contributed by atoms with Crippen molar-refractivity contribution in [3.8, 4) is 0 Å². The number of esters is 1. The van der Waals surface area contributed by atoms with Gasteiger partial charge in [0.2, 0.25) is 0 Å². The van der Waals surface area contributed by atoms with Crippen molar-refractivity contribution in [2.45, 2.75) is 38.5 Å². The lowest BCUT2D eigenvalue weighted by Crippen LogP contribution is -2.27. The monoisotopic (exact) mass is 261 g/mol. The number of hydrogen-bond acceptors (Lipinski definition) is 3. The number of unbranched alkanes of at least 4 members (excludes halogenated alkanes) is 1. The molecule has 104 valence electrons. The lowest BCUT2D eigenvalue weighted by Gasteiger charge is -2.24. The topological polar surface area (TPSA) is 38.3 Å². The van der Waals surface area contributed by atoms with E-state index in [1.54, 1.807) is 0 Å². The molecule has 0 aliphatic carbocycles. The molecule has 2 rings (SSSR count). The van der Waals surface area contributed by atoms with E-state index in [4.69, 9.17) is 4.74 Å². The van der Waals surface area contributed by atoms with Crippen LogP contribution in [0.5, 0.6) is 0 Å². The number of benzene rings is 1. The summed E-state index contributed by atoms with van der Waals surface area (Å²) in [5, 5.41) is 3.36. The average molecular weight is 261 g/mol. The highest BCUT2D eigenvalue weighted by molar-refractivity contribution is 5.91. The molecule has 0 amide bonds. The highest BCUT2D eigenvalue weighted by Gasteiger charge is 2.21. The minimum Gasteiger partial charge on any atom is -0.462 e. The number of nitrogens with one attached hydrogen (secondary N) is 1. The number of piperidine rings is 1. The number of ether oxygens (including phenoxy) is 1. The van der Waals surface area contributed by atoms with Gasteiger partial charge in [0.15, 0.2) is 0 Å². The van der Waals surface area contributed by atoms with Gasteiger partial charge in [-0.1, -0.05) is 31.5 Å². The molecular formula is C16H23NO2. The van der Waals surface area contributed by atoms with E-state index in [0.29, 0.717) is 12.5 Å². The Morgan fingerprint density at radius 2 is 2.05 bits per heavy atom. The van der Waals surface area contributed by atoms with Crippen LogP contribution in [0.25, 0.3) is 0 Å². The van der Waals surface area contributed by atoms with Crippen molar-refractivity contribution in [1.29, 1.82) is 0 Å². The van der Waals surface area contributed by atoms with Gasteiger partial charge in [-0.2, -0.15) is 0 Å². The zero-order valence-electron chi connectivity index (χ0n) is 11.7. The van der Waals surface area contributed by atoms with Gasteiger partial charge in [0.05, 0.1) is 12.2 Å². The maximum Gasteiger partial charge on any atom is 0.338 e. The third-order valence-corrected chi connectivity index (χ3v) is 3.69. The molecule has 1 aliphatic rings. The molecule has 1 aromatic carbocycles. The molecule has 1 N–H and O–H groups in total. The SMILES string of the molecule is CCCCOC(=O)c1ccccc1C1CCNCC1. The minimum atomic E-state index is -0.164. The zero-order valence-corrected chi connectivity index (χ0v) is 11.7. The average Bonchev–Trinajstić information content (AvgIpc) is 2.48. The number of rotatable bonds is 5. The summed E-state index contributed by atoms with van der Waals surface area (Å²) in [4.78, 5) is 12.1.